The summed E-state index contributed by atoms with van der Waals surface area (Å²) in [4.78, 5) is 37.8. The lowest BCUT2D eigenvalue weighted by atomic mass is 10.1. The standard InChI is InChI=1S/C17H23N3O7S/c1-3-18-7-9-19(10-8-18)17(22)13-5-6-15(14(11-13)20(23)24)28(25,26)12-16(21)27-4-2/h5-6,11H,3-4,7-10,12H2,1-2H3. The molecule has 0 aliphatic carbocycles. The number of hydrogen-bond donors (Lipinski definition) is 0. The Balaban J connectivity index is 2.29. The van der Waals surface area contributed by atoms with Crippen molar-refractivity contribution in [2.24, 2.45) is 0 Å². The molecule has 1 amide bonds. The molecule has 1 fully saturated rings. The highest BCUT2D eigenvalue weighted by Gasteiger charge is 2.31. The number of nitrogens with zero attached hydrogens (tertiary/aromatic N) is 3. The Hall–Kier alpha value is -2.53. The van der Waals surface area contributed by atoms with Gasteiger partial charge in [-0.2, -0.15) is 0 Å². The topological polar surface area (TPSA) is 127 Å². The van der Waals surface area contributed by atoms with Crippen molar-refractivity contribution >= 4 is 27.4 Å². The Bertz CT molecular complexity index is 862. The fourth-order valence-electron chi connectivity index (χ4n) is 2.94. The zero-order valence-electron chi connectivity index (χ0n) is 15.8. The lowest BCUT2D eigenvalue weighted by Crippen LogP contribution is -2.48. The van der Waals surface area contributed by atoms with Gasteiger partial charge in [-0.05, 0) is 25.6 Å². The lowest BCUT2D eigenvalue weighted by Gasteiger charge is -2.34. The van der Waals surface area contributed by atoms with E-state index in [9.17, 15) is 28.1 Å². The first kappa shape index (κ1) is 21.8. The zero-order chi connectivity index (χ0) is 20.9. The summed E-state index contributed by atoms with van der Waals surface area (Å²) in [6.45, 7) is 6.80. The molecule has 28 heavy (non-hydrogen) atoms. The van der Waals surface area contributed by atoms with Gasteiger partial charge in [0.05, 0.1) is 11.5 Å². The third-order valence-corrected chi connectivity index (χ3v) is 6.09. The number of amides is 1. The molecular formula is C17H23N3O7S. The molecule has 1 aromatic rings. The van der Waals surface area contributed by atoms with Gasteiger partial charge in [-0.1, -0.05) is 6.92 Å². The van der Waals surface area contributed by atoms with E-state index in [1.54, 1.807) is 4.90 Å². The zero-order valence-corrected chi connectivity index (χ0v) is 16.6. The molecule has 1 saturated heterocycles. The molecule has 1 aliphatic rings. The molecule has 154 valence electrons. The molecule has 0 unspecified atom stereocenters. The highest BCUT2D eigenvalue weighted by molar-refractivity contribution is 7.92. The van der Waals surface area contributed by atoms with E-state index in [1.807, 2.05) is 6.92 Å². The summed E-state index contributed by atoms with van der Waals surface area (Å²) in [7, 11) is -4.28. The maximum Gasteiger partial charge on any atom is 0.321 e. The Morgan fingerprint density at radius 3 is 2.36 bits per heavy atom. The van der Waals surface area contributed by atoms with Crippen LogP contribution in [0, 0.1) is 10.1 Å². The molecule has 1 aromatic carbocycles. The average Bonchev–Trinajstić information content (AvgIpc) is 2.66. The minimum atomic E-state index is -4.28. The fourth-order valence-corrected chi connectivity index (χ4v) is 4.22. The van der Waals surface area contributed by atoms with Gasteiger partial charge in [0.15, 0.2) is 15.6 Å². The van der Waals surface area contributed by atoms with Gasteiger partial charge in [0.1, 0.15) is 4.90 Å². The van der Waals surface area contributed by atoms with Gasteiger partial charge < -0.3 is 14.5 Å². The summed E-state index contributed by atoms with van der Waals surface area (Å²) in [6, 6.07) is 3.19. The number of rotatable bonds is 7. The van der Waals surface area contributed by atoms with E-state index in [0.717, 1.165) is 18.7 Å². The second kappa shape index (κ2) is 9.11. The second-order valence-corrected chi connectivity index (χ2v) is 8.19. The molecule has 0 spiro atoms. The van der Waals surface area contributed by atoms with Crippen molar-refractivity contribution in [3.63, 3.8) is 0 Å². The number of hydrogen-bond acceptors (Lipinski definition) is 8. The molecule has 1 heterocycles. The van der Waals surface area contributed by atoms with Crippen molar-refractivity contribution in [3.05, 3.63) is 33.9 Å². The first-order valence-electron chi connectivity index (χ1n) is 8.88. The van der Waals surface area contributed by atoms with Crippen molar-refractivity contribution in [3.8, 4) is 0 Å². The molecule has 0 bridgehead atoms. The van der Waals surface area contributed by atoms with Crippen LogP contribution in [0.3, 0.4) is 0 Å². The second-order valence-electron chi connectivity index (χ2n) is 6.23. The molecule has 1 aliphatic heterocycles. The van der Waals surface area contributed by atoms with E-state index in [-0.39, 0.29) is 12.2 Å². The van der Waals surface area contributed by atoms with Crippen LogP contribution in [0.4, 0.5) is 5.69 Å². The molecule has 0 saturated carbocycles. The number of carbonyl (C=O) groups excluding carboxylic acids is 2. The van der Waals surface area contributed by atoms with E-state index in [2.05, 4.69) is 9.64 Å². The first-order chi connectivity index (χ1) is 13.2. The summed E-state index contributed by atoms with van der Waals surface area (Å²) in [5, 5.41) is 11.4. The van der Waals surface area contributed by atoms with Crippen LogP contribution in [0.5, 0.6) is 0 Å². The number of piperazine rings is 1. The smallest absolute Gasteiger partial charge is 0.321 e. The minimum absolute atomic E-state index is 0.00478. The number of sulfone groups is 1. The molecule has 0 aromatic heterocycles. The third-order valence-electron chi connectivity index (χ3n) is 4.46. The SMILES string of the molecule is CCOC(=O)CS(=O)(=O)c1ccc(C(=O)N2CCN(CC)CC2)cc1[N+](=O)[O-]. The molecule has 0 radical (unpaired) electrons. The number of nitro benzene ring substituents is 1. The van der Waals surface area contributed by atoms with E-state index in [1.165, 1.54) is 13.0 Å². The summed E-state index contributed by atoms with van der Waals surface area (Å²) in [5.41, 5.74) is -0.700. The normalized spacial score (nSPS) is 15.3. The Morgan fingerprint density at radius 2 is 1.82 bits per heavy atom. The monoisotopic (exact) mass is 413 g/mol. The van der Waals surface area contributed by atoms with E-state index in [4.69, 9.17) is 0 Å². The maximum atomic E-state index is 12.7. The van der Waals surface area contributed by atoms with Crippen LogP contribution in [-0.2, 0) is 19.4 Å². The van der Waals surface area contributed by atoms with Crippen LogP contribution in [0.2, 0.25) is 0 Å². The van der Waals surface area contributed by atoms with Crippen molar-refractivity contribution in [2.45, 2.75) is 18.7 Å². The van der Waals surface area contributed by atoms with Gasteiger partial charge in [0.2, 0.25) is 0 Å². The summed E-state index contributed by atoms with van der Waals surface area (Å²) < 4.78 is 29.4. The number of nitro groups is 1. The van der Waals surface area contributed by atoms with Crippen molar-refractivity contribution < 1.29 is 27.7 Å². The van der Waals surface area contributed by atoms with Gasteiger partial charge in [-0.15, -0.1) is 0 Å². The summed E-state index contributed by atoms with van der Waals surface area (Å²) in [5.74, 6) is -2.40. The number of carbonyl (C=O) groups is 2. The van der Waals surface area contributed by atoms with Crippen molar-refractivity contribution in [1.29, 1.82) is 0 Å². The predicted molar refractivity (Wildman–Crippen MR) is 99.8 cm³/mol. The quantitative estimate of drug-likeness (QED) is 0.363. The Morgan fingerprint density at radius 1 is 1.18 bits per heavy atom. The molecule has 0 atom stereocenters. The van der Waals surface area contributed by atoms with Crippen molar-refractivity contribution in [2.75, 3.05) is 45.1 Å². The van der Waals surface area contributed by atoms with Gasteiger partial charge in [0, 0.05) is 37.8 Å². The molecule has 0 N–H and O–H groups in total. The largest absolute Gasteiger partial charge is 0.465 e. The highest BCUT2D eigenvalue weighted by Crippen LogP contribution is 2.27. The maximum absolute atomic E-state index is 12.7. The van der Waals surface area contributed by atoms with Crippen LogP contribution < -0.4 is 0 Å². The van der Waals surface area contributed by atoms with E-state index < -0.39 is 43.0 Å². The van der Waals surface area contributed by atoms with E-state index in [0.29, 0.717) is 26.2 Å². The van der Waals surface area contributed by atoms with Gasteiger partial charge in [0.25, 0.3) is 11.6 Å². The lowest BCUT2D eigenvalue weighted by molar-refractivity contribution is -0.387. The van der Waals surface area contributed by atoms with Gasteiger partial charge in [-0.3, -0.25) is 19.7 Å². The van der Waals surface area contributed by atoms with Gasteiger partial charge in [-0.25, -0.2) is 8.42 Å². The van der Waals surface area contributed by atoms with Crippen LogP contribution >= 0.6 is 0 Å². The average molecular weight is 413 g/mol. The Kier molecular flexibility index (Phi) is 7.08. The van der Waals surface area contributed by atoms with Crippen LogP contribution in [0.25, 0.3) is 0 Å². The third kappa shape index (κ3) is 5.04. The van der Waals surface area contributed by atoms with Gasteiger partial charge >= 0.3 is 5.97 Å². The molecular weight excluding hydrogens is 390 g/mol. The number of likely N-dealkylation sites (N-methyl/N-ethyl adjacent to an activating group) is 1. The Labute approximate surface area is 163 Å². The summed E-state index contributed by atoms with van der Waals surface area (Å²) >= 11 is 0. The van der Waals surface area contributed by atoms with Crippen LogP contribution in [0.15, 0.2) is 23.1 Å². The highest BCUT2D eigenvalue weighted by atomic mass is 32.2. The van der Waals surface area contributed by atoms with E-state index >= 15 is 0 Å². The number of benzene rings is 1. The van der Waals surface area contributed by atoms with Crippen LogP contribution in [-0.4, -0.2) is 80.1 Å². The van der Waals surface area contributed by atoms with Crippen LogP contribution in [0.1, 0.15) is 24.2 Å². The predicted octanol–water partition coefficient (Wildman–Crippen LogP) is 0.709. The fraction of sp³-hybridized carbons (Fsp3) is 0.529. The van der Waals surface area contributed by atoms with Crippen molar-refractivity contribution in [1.82, 2.24) is 9.80 Å². The minimum Gasteiger partial charge on any atom is -0.465 e. The first-order valence-corrected chi connectivity index (χ1v) is 10.5. The molecule has 11 heteroatoms. The number of ether oxygens (including phenoxy) is 1. The summed E-state index contributed by atoms with van der Waals surface area (Å²) in [6.07, 6.45) is 0. The molecule has 2 rings (SSSR count). The number of esters is 1. The molecule has 10 nitrogen and oxygen atoms in total.